The lowest BCUT2D eigenvalue weighted by Crippen LogP contribution is -2.17. The number of nitrogens with one attached hydrogen (secondary N) is 2. The number of benzene rings is 1. The molecular formula is C22H24N2O5S. The maximum atomic E-state index is 12.4. The van der Waals surface area contributed by atoms with Crippen molar-refractivity contribution in [3.8, 4) is 0 Å². The second-order valence-electron chi connectivity index (χ2n) is 6.61. The van der Waals surface area contributed by atoms with Gasteiger partial charge >= 0.3 is 5.97 Å². The fourth-order valence-electron chi connectivity index (χ4n) is 2.59. The fourth-order valence-corrected chi connectivity index (χ4v) is 3.64. The average Bonchev–Trinajstić information content (AvgIpc) is 2.95. The van der Waals surface area contributed by atoms with Gasteiger partial charge in [-0.05, 0) is 64.4 Å². The van der Waals surface area contributed by atoms with Crippen LogP contribution in [0.1, 0.15) is 51.9 Å². The zero-order valence-corrected chi connectivity index (χ0v) is 18.4. The lowest BCUT2D eigenvalue weighted by Gasteiger charge is -2.07. The van der Waals surface area contributed by atoms with Gasteiger partial charge in [0.1, 0.15) is 5.00 Å². The van der Waals surface area contributed by atoms with Crippen LogP contribution in [0.15, 0.2) is 35.9 Å². The van der Waals surface area contributed by atoms with Gasteiger partial charge in [0.25, 0.3) is 5.91 Å². The summed E-state index contributed by atoms with van der Waals surface area (Å²) in [6.45, 7) is 8.55. The maximum absolute atomic E-state index is 12.4. The largest absolute Gasteiger partial charge is 0.462 e. The van der Waals surface area contributed by atoms with Crippen LogP contribution in [0.3, 0.4) is 0 Å². The number of Topliss-reactive ketones (excluding diaryl/α,β-unsaturated/α-hetero) is 1. The summed E-state index contributed by atoms with van der Waals surface area (Å²) in [7, 11) is 0. The summed E-state index contributed by atoms with van der Waals surface area (Å²) >= 11 is 1.28. The van der Waals surface area contributed by atoms with Crippen molar-refractivity contribution < 1.29 is 23.9 Å². The molecule has 1 heterocycles. The monoisotopic (exact) mass is 428 g/mol. The van der Waals surface area contributed by atoms with Crippen LogP contribution in [-0.4, -0.2) is 30.2 Å². The van der Waals surface area contributed by atoms with Crippen molar-refractivity contribution in [1.82, 2.24) is 0 Å². The third-order valence-corrected chi connectivity index (χ3v) is 5.48. The molecule has 2 amide bonds. The molecule has 0 saturated heterocycles. The maximum Gasteiger partial charge on any atom is 0.341 e. The van der Waals surface area contributed by atoms with E-state index in [2.05, 4.69) is 10.6 Å². The molecule has 0 fully saturated rings. The lowest BCUT2D eigenvalue weighted by molar-refractivity contribution is -0.114. The van der Waals surface area contributed by atoms with Crippen LogP contribution in [0.4, 0.5) is 10.7 Å². The minimum Gasteiger partial charge on any atom is -0.462 e. The molecule has 2 N–H and O–H groups in total. The molecule has 8 heteroatoms. The highest BCUT2D eigenvalue weighted by molar-refractivity contribution is 7.16. The minimum atomic E-state index is -0.527. The molecule has 0 spiro atoms. The molecular weight excluding hydrogens is 404 g/mol. The van der Waals surface area contributed by atoms with E-state index in [0.29, 0.717) is 21.8 Å². The van der Waals surface area contributed by atoms with E-state index in [1.807, 2.05) is 6.92 Å². The number of carbonyl (C=O) groups is 4. The van der Waals surface area contributed by atoms with Crippen molar-refractivity contribution in [2.75, 3.05) is 17.2 Å². The van der Waals surface area contributed by atoms with Gasteiger partial charge in [-0.1, -0.05) is 0 Å². The molecule has 0 radical (unpaired) electrons. The Bertz CT molecular complexity index is 1020. The number of anilines is 2. The Morgan fingerprint density at radius 2 is 1.67 bits per heavy atom. The Balaban J connectivity index is 2.10. The molecule has 2 rings (SSSR count). The number of ether oxygens (including phenoxy) is 1. The normalized spacial score (nSPS) is 11.0. The van der Waals surface area contributed by atoms with E-state index < -0.39 is 17.8 Å². The molecule has 30 heavy (non-hydrogen) atoms. The van der Waals surface area contributed by atoms with E-state index in [1.54, 1.807) is 38.1 Å². The van der Waals surface area contributed by atoms with Gasteiger partial charge in [0.2, 0.25) is 5.91 Å². The Morgan fingerprint density at radius 1 is 1.03 bits per heavy atom. The average molecular weight is 429 g/mol. The highest BCUT2D eigenvalue weighted by atomic mass is 32.1. The van der Waals surface area contributed by atoms with E-state index in [1.165, 1.54) is 31.3 Å². The van der Waals surface area contributed by atoms with Crippen LogP contribution < -0.4 is 10.6 Å². The van der Waals surface area contributed by atoms with Crippen molar-refractivity contribution in [2.24, 2.45) is 0 Å². The Hall–Kier alpha value is -3.26. The number of esters is 1. The summed E-state index contributed by atoms with van der Waals surface area (Å²) in [5.74, 6) is -1.55. The zero-order chi connectivity index (χ0) is 22.4. The minimum absolute atomic E-state index is 0.0677. The van der Waals surface area contributed by atoms with Crippen LogP contribution >= 0.6 is 11.3 Å². The second kappa shape index (κ2) is 9.98. The first-order valence-corrected chi connectivity index (χ1v) is 10.1. The van der Waals surface area contributed by atoms with Crippen LogP contribution in [-0.2, 0) is 14.3 Å². The Labute approximate surface area is 179 Å². The van der Waals surface area contributed by atoms with Gasteiger partial charge < -0.3 is 15.4 Å². The van der Waals surface area contributed by atoms with Gasteiger partial charge in [-0.3, -0.25) is 14.4 Å². The molecule has 2 aromatic rings. The number of rotatable bonds is 7. The third kappa shape index (κ3) is 5.64. The zero-order valence-electron chi connectivity index (χ0n) is 17.5. The molecule has 1 aromatic carbocycles. The Kier molecular flexibility index (Phi) is 7.66. The standard InChI is InChI=1S/C22H24N2O5S/c1-6-29-22(28)19-13(3)15(5)30-21(19)24-18(26)11-12(2)20(27)23-17-9-7-16(8-10-17)14(4)25/h7-11H,6H2,1-5H3,(H,23,27)(H,24,26)/b12-11-. The molecule has 7 nitrogen and oxygen atoms in total. The van der Waals surface area contributed by atoms with Crippen LogP contribution in [0.2, 0.25) is 0 Å². The number of amides is 2. The first-order chi connectivity index (χ1) is 14.1. The first-order valence-electron chi connectivity index (χ1n) is 9.32. The quantitative estimate of drug-likeness (QED) is 0.390. The smallest absolute Gasteiger partial charge is 0.341 e. The van der Waals surface area contributed by atoms with Crippen molar-refractivity contribution >= 4 is 45.6 Å². The van der Waals surface area contributed by atoms with E-state index >= 15 is 0 Å². The SMILES string of the molecule is CCOC(=O)c1c(NC(=O)/C=C(/C)C(=O)Nc2ccc(C(C)=O)cc2)sc(C)c1C. The van der Waals surface area contributed by atoms with Gasteiger partial charge in [-0.15, -0.1) is 11.3 Å². The van der Waals surface area contributed by atoms with E-state index in [0.717, 1.165) is 10.4 Å². The van der Waals surface area contributed by atoms with Crippen molar-refractivity contribution in [2.45, 2.75) is 34.6 Å². The molecule has 158 valence electrons. The van der Waals surface area contributed by atoms with Gasteiger partial charge in [-0.2, -0.15) is 0 Å². The van der Waals surface area contributed by atoms with Crippen molar-refractivity contribution in [3.05, 3.63) is 57.5 Å². The summed E-state index contributed by atoms with van der Waals surface area (Å²) in [6.07, 6.45) is 1.17. The lowest BCUT2D eigenvalue weighted by atomic mass is 10.1. The third-order valence-electron chi connectivity index (χ3n) is 4.36. The van der Waals surface area contributed by atoms with Gasteiger partial charge in [0.15, 0.2) is 5.78 Å². The van der Waals surface area contributed by atoms with E-state index in [-0.39, 0.29) is 18.0 Å². The molecule has 0 aliphatic carbocycles. The molecule has 0 atom stereocenters. The molecule has 0 aliphatic rings. The molecule has 1 aromatic heterocycles. The summed E-state index contributed by atoms with van der Waals surface area (Å²) < 4.78 is 5.07. The van der Waals surface area contributed by atoms with Crippen LogP contribution in [0.25, 0.3) is 0 Å². The molecule has 0 bridgehead atoms. The van der Waals surface area contributed by atoms with Gasteiger partial charge in [0.05, 0.1) is 12.2 Å². The second-order valence-corrected chi connectivity index (χ2v) is 7.84. The topological polar surface area (TPSA) is 102 Å². The predicted octanol–water partition coefficient (Wildman–Crippen LogP) is 4.27. The number of thiophene rings is 1. The predicted molar refractivity (Wildman–Crippen MR) is 117 cm³/mol. The van der Waals surface area contributed by atoms with Crippen LogP contribution in [0.5, 0.6) is 0 Å². The van der Waals surface area contributed by atoms with Crippen molar-refractivity contribution in [1.29, 1.82) is 0 Å². The fraction of sp³-hybridized carbons (Fsp3) is 0.273. The summed E-state index contributed by atoms with van der Waals surface area (Å²) in [5.41, 5.74) is 2.31. The van der Waals surface area contributed by atoms with Gasteiger partial charge in [0, 0.05) is 27.8 Å². The number of ketones is 1. The van der Waals surface area contributed by atoms with Gasteiger partial charge in [-0.25, -0.2) is 4.79 Å². The highest BCUT2D eigenvalue weighted by Gasteiger charge is 2.22. The van der Waals surface area contributed by atoms with Crippen LogP contribution in [0, 0.1) is 13.8 Å². The summed E-state index contributed by atoms with van der Waals surface area (Å²) in [5, 5.41) is 5.72. The van der Waals surface area contributed by atoms with E-state index in [9.17, 15) is 19.2 Å². The number of aryl methyl sites for hydroxylation is 1. The summed E-state index contributed by atoms with van der Waals surface area (Å²) in [6, 6.07) is 6.46. The number of hydrogen-bond donors (Lipinski definition) is 2. The number of carbonyl (C=O) groups excluding carboxylic acids is 4. The summed E-state index contributed by atoms with van der Waals surface area (Å²) in [4.78, 5) is 49.2. The number of hydrogen-bond acceptors (Lipinski definition) is 6. The van der Waals surface area contributed by atoms with Crippen molar-refractivity contribution in [3.63, 3.8) is 0 Å². The highest BCUT2D eigenvalue weighted by Crippen LogP contribution is 2.33. The Morgan fingerprint density at radius 3 is 2.23 bits per heavy atom. The van der Waals surface area contributed by atoms with E-state index in [4.69, 9.17) is 4.74 Å². The molecule has 0 aliphatic heterocycles. The first kappa shape index (κ1) is 23.0. The molecule has 0 unspecified atom stereocenters. The molecule has 0 saturated carbocycles.